The van der Waals surface area contributed by atoms with E-state index in [2.05, 4.69) is 31.0 Å². The largest absolute Gasteiger partial charge is 0.395 e. The van der Waals surface area contributed by atoms with Crippen molar-refractivity contribution in [3.05, 3.63) is 21.4 Å². The van der Waals surface area contributed by atoms with Gasteiger partial charge < -0.3 is 15.2 Å². The zero-order valence-electron chi connectivity index (χ0n) is 13.0. The summed E-state index contributed by atoms with van der Waals surface area (Å²) in [6.45, 7) is 6.59. The number of aliphatic hydroxyl groups is 1. The van der Waals surface area contributed by atoms with Gasteiger partial charge in [-0.05, 0) is 24.5 Å². The normalized spacial score (nSPS) is 11.9. The lowest BCUT2D eigenvalue weighted by Crippen LogP contribution is -2.41. The number of hydrogen-bond acceptors (Lipinski definition) is 4. The van der Waals surface area contributed by atoms with E-state index in [0.29, 0.717) is 23.8 Å². The first kappa shape index (κ1) is 17.7. The zero-order valence-corrected chi connectivity index (χ0v) is 13.8. The molecule has 5 heteroatoms. The van der Waals surface area contributed by atoms with Gasteiger partial charge in [0.25, 0.3) is 5.91 Å². The predicted octanol–water partition coefficient (Wildman–Crippen LogP) is 2.19. The molecule has 1 aromatic heterocycles. The molecule has 0 fully saturated rings. The summed E-state index contributed by atoms with van der Waals surface area (Å²) in [5, 5.41) is 11.7. The Morgan fingerprint density at radius 1 is 1.52 bits per heavy atom. The van der Waals surface area contributed by atoms with Crippen LogP contribution in [0.3, 0.4) is 0 Å². The van der Waals surface area contributed by atoms with Crippen LogP contribution in [0.5, 0.6) is 0 Å². The molecule has 1 heterocycles. The quantitative estimate of drug-likeness (QED) is 0.792. The molecule has 1 unspecified atom stereocenters. The summed E-state index contributed by atoms with van der Waals surface area (Å²) in [4.78, 5) is 13.8. The van der Waals surface area contributed by atoms with Gasteiger partial charge in [-0.1, -0.05) is 25.7 Å². The van der Waals surface area contributed by atoms with Crippen LogP contribution in [-0.2, 0) is 4.74 Å². The van der Waals surface area contributed by atoms with Crippen LogP contribution in [0.15, 0.2) is 6.07 Å². The summed E-state index contributed by atoms with van der Waals surface area (Å²) >= 11 is 1.38. The maximum Gasteiger partial charge on any atom is 0.261 e. The average molecular weight is 309 g/mol. The van der Waals surface area contributed by atoms with Crippen LogP contribution in [-0.4, -0.2) is 37.4 Å². The van der Waals surface area contributed by atoms with Crippen LogP contribution in [0, 0.1) is 24.7 Å². The van der Waals surface area contributed by atoms with Gasteiger partial charge >= 0.3 is 0 Å². The molecule has 0 aliphatic rings. The molecule has 0 saturated heterocycles. The maximum absolute atomic E-state index is 12.3. The fourth-order valence-electron chi connectivity index (χ4n) is 1.74. The minimum Gasteiger partial charge on any atom is -0.395 e. The number of aryl methyl sites for hydroxylation is 1. The summed E-state index contributed by atoms with van der Waals surface area (Å²) in [6, 6.07) is 1.85. The van der Waals surface area contributed by atoms with E-state index in [1.807, 2.05) is 13.0 Å². The number of carbonyl (C=O) groups excluding carboxylic acids is 1. The molecule has 0 aromatic carbocycles. The molecule has 0 spiro atoms. The predicted molar refractivity (Wildman–Crippen MR) is 85.6 cm³/mol. The van der Waals surface area contributed by atoms with Crippen LogP contribution in [0.4, 0.5) is 0 Å². The van der Waals surface area contributed by atoms with E-state index in [4.69, 9.17) is 9.84 Å². The summed E-state index contributed by atoms with van der Waals surface area (Å²) in [6.07, 6.45) is 0.447. The highest BCUT2D eigenvalue weighted by Crippen LogP contribution is 2.21. The van der Waals surface area contributed by atoms with Gasteiger partial charge in [-0.15, -0.1) is 11.3 Å². The second-order valence-electron chi connectivity index (χ2n) is 5.18. The van der Waals surface area contributed by atoms with Crippen molar-refractivity contribution in [2.75, 3.05) is 20.3 Å². The van der Waals surface area contributed by atoms with E-state index in [-0.39, 0.29) is 18.6 Å². The number of amides is 1. The van der Waals surface area contributed by atoms with Gasteiger partial charge in [0, 0.05) is 13.5 Å². The topological polar surface area (TPSA) is 58.6 Å². The van der Waals surface area contributed by atoms with Gasteiger partial charge in [0.05, 0.1) is 29.0 Å². The molecule has 0 saturated carbocycles. The molecule has 4 nitrogen and oxygen atoms in total. The average Bonchev–Trinajstić information content (AvgIpc) is 2.80. The Morgan fingerprint density at radius 3 is 2.81 bits per heavy atom. The third-order valence-corrected chi connectivity index (χ3v) is 4.20. The number of carbonyl (C=O) groups is 1. The van der Waals surface area contributed by atoms with Crippen LogP contribution in [0.2, 0.25) is 0 Å². The Bertz CT molecular complexity index is 525. The second-order valence-corrected chi connectivity index (χ2v) is 6.23. The van der Waals surface area contributed by atoms with E-state index in [9.17, 15) is 4.79 Å². The number of rotatable bonds is 6. The fraction of sp³-hybridized carbons (Fsp3) is 0.562. The minimum atomic E-state index is -0.0888. The summed E-state index contributed by atoms with van der Waals surface area (Å²) < 4.78 is 5.14. The van der Waals surface area contributed by atoms with E-state index >= 15 is 0 Å². The first-order valence-corrected chi connectivity index (χ1v) is 7.81. The highest BCUT2D eigenvalue weighted by atomic mass is 32.1. The van der Waals surface area contributed by atoms with E-state index in [1.165, 1.54) is 11.3 Å². The molecule has 1 rings (SSSR count). The van der Waals surface area contributed by atoms with Gasteiger partial charge in [0.1, 0.15) is 0 Å². The number of ether oxygens (including phenoxy) is 1. The lowest BCUT2D eigenvalue weighted by molar-refractivity contribution is 0.0870. The molecule has 0 radical (unpaired) electrons. The zero-order chi connectivity index (χ0) is 15.8. The Balaban J connectivity index is 2.79. The SMILES string of the molecule is COCC(NC(=O)c1cc(C)c(C#CCCO)s1)C(C)C. The Labute approximate surface area is 130 Å². The second kappa shape index (κ2) is 8.83. The van der Waals surface area contributed by atoms with Crippen molar-refractivity contribution in [3.8, 4) is 11.8 Å². The number of thiophene rings is 1. The molecule has 21 heavy (non-hydrogen) atoms. The maximum atomic E-state index is 12.3. The molecule has 0 aliphatic carbocycles. The van der Waals surface area contributed by atoms with Crippen molar-refractivity contribution >= 4 is 17.2 Å². The lowest BCUT2D eigenvalue weighted by Gasteiger charge is -2.21. The first-order valence-electron chi connectivity index (χ1n) is 6.99. The standard InChI is InChI=1S/C16H23NO3S/c1-11(2)13(10-20-4)17-16(19)15-9-12(3)14(21-15)7-5-6-8-18/h9,11,13,18H,6,8,10H2,1-4H3,(H,17,19). The monoisotopic (exact) mass is 309 g/mol. The molecule has 116 valence electrons. The van der Waals surface area contributed by atoms with Crippen LogP contribution in [0.1, 0.15) is 40.4 Å². The highest BCUT2D eigenvalue weighted by molar-refractivity contribution is 7.14. The molecule has 0 aliphatic heterocycles. The third-order valence-electron chi connectivity index (χ3n) is 3.05. The molecular formula is C16H23NO3S. The highest BCUT2D eigenvalue weighted by Gasteiger charge is 2.18. The smallest absolute Gasteiger partial charge is 0.261 e. The van der Waals surface area contributed by atoms with Crippen molar-refractivity contribution in [1.29, 1.82) is 0 Å². The Morgan fingerprint density at radius 2 is 2.24 bits per heavy atom. The summed E-state index contributed by atoms with van der Waals surface area (Å²) in [5.41, 5.74) is 0.989. The third kappa shape index (κ3) is 5.50. The van der Waals surface area contributed by atoms with Gasteiger partial charge in [0.15, 0.2) is 0 Å². The summed E-state index contributed by atoms with van der Waals surface area (Å²) in [7, 11) is 1.63. The van der Waals surface area contributed by atoms with Crippen molar-refractivity contribution in [3.63, 3.8) is 0 Å². The number of methoxy groups -OCH3 is 1. The van der Waals surface area contributed by atoms with Crippen LogP contribution >= 0.6 is 11.3 Å². The van der Waals surface area contributed by atoms with Gasteiger partial charge in [-0.3, -0.25) is 4.79 Å². The Kier molecular flexibility index (Phi) is 7.44. The molecule has 1 aromatic rings. The molecule has 2 N–H and O–H groups in total. The fourth-order valence-corrected chi connectivity index (χ4v) is 2.69. The molecule has 0 bridgehead atoms. The van der Waals surface area contributed by atoms with E-state index in [1.54, 1.807) is 7.11 Å². The van der Waals surface area contributed by atoms with Gasteiger partial charge in [-0.2, -0.15) is 0 Å². The minimum absolute atomic E-state index is 0.00571. The van der Waals surface area contributed by atoms with E-state index < -0.39 is 0 Å². The van der Waals surface area contributed by atoms with Crippen LogP contribution < -0.4 is 5.32 Å². The first-order chi connectivity index (χ1) is 9.99. The van der Waals surface area contributed by atoms with Crippen molar-refractivity contribution < 1.29 is 14.6 Å². The van der Waals surface area contributed by atoms with Gasteiger partial charge in [-0.25, -0.2) is 0 Å². The molecule has 1 atom stereocenters. The van der Waals surface area contributed by atoms with Crippen molar-refractivity contribution in [2.45, 2.75) is 33.2 Å². The van der Waals surface area contributed by atoms with Crippen LogP contribution in [0.25, 0.3) is 0 Å². The van der Waals surface area contributed by atoms with Crippen molar-refractivity contribution in [1.82, 2.24) is 5.32 Å². The number of hydrogen-bond donors (Lipinski definition) is 2. The number of aliphatic hydroxyl groups excluding tert-OH is 1. The van der Waals surface area contributed by atoms with E-state index in [0.717, 1.165) is 10.4 Å². The van der Waals surface area contributed by atoms with Crippen molar-refractivity contribution in [2.24, 2.45) is 5.92 Å². The van der Waals surface area contributed by atoms with Gasteiger partial charge in [0.2, 0.25) is 0 Å². The summed E-state index contributed by atoms with van der Waals surface area (Å²) in [5.74, 6) is 6.09. The number of nitrogens with one attached hydrogen (secondary N) is 1. The molecule has 1 amide bonds. The Hall–Kier alpha value is -1.35. The molecular weight excluding hydrogens is 286 g/mol. The lowest BCUT2D eigenvalue weighted by atomic mass is 10.1.